The number of hydrogen-bond donors (Lipinski definition) is 2. The summed E-state index contributed by atoms with van der Waals surface area (Å²) in [6.07, 6.45) is 1.18. The summed E-state index contributed by atoms with van der Waals surface area (Å²) in [4.78, 5) is 13.5. The van der Waals surface area contributed by atoms with Crippen LogP contribution in [0.15, 0.2) is 24.3 Å². The molecule has 0 fully saturated rings. The summed E-state index contributed by atoms with van der Waals surface area (Å²) in [6.45, 7) is 4.93. The third kappa shape index (κ3) is 5.30. The summed E-state index contributed by atoms with van der Waals surface area (Å²) in [5, 5.41) is 12.1. The number of nitrogens with zero attached hydrogens (tertiary/aromatic N) is 1. The molecule has 1 aromatic carbocycles. The normalized spacial score (nSPS) is 12.0. The molecule has 1 atom stereocenters. The molecule has 0 radical (unpaired) electrons. The maximum Gasteiger partial charge on any atom is 0.317 e. The largest absolute Gasteiger partial charge is 0.393 e. The van der Waals surface area contributed by atoms with Crippen LogP contribution < -0.4 is 5.32 Å². The van der Waals surface area contributed by atoms with Crippen LogP contribution in [0.3, 0.4) is 0 Å². The van der Waals surface area contributed by atoms with Crippen molar-refractivity contribution in [2.24, 2.45) is 0 Å². The van der Waals surface area contributed by atoms with E-state index in [1.807, 2.05) is 18.2 Å². The van der Waals surface area contributed by atoms with Gasteiger partial charge in [-0.3, -0.25) is 0 Å². The van der Waals surface area contributed by atoms with Gasteiger partial charge in [-0.1, -0.05) is 31.2 Å². The van der Waals surface area contributed by atoms with Gasteiger partial charge in [-0.05, 0) is 30.9 Å². The molecule has 1 rings (SSSR count). The second-order valence-electron chi connectivity index (χ2n) is 4.84. The minimum Gasteiger partial charge on any atom is -0.393 e. The predicted octanol–water partition coefficient (Wildman–Crippen LogP) is 2.16. The van der Waals surface area contributed by atoms with Crippen molar-refractivity contribution in [3.8, 4) is 0 Å². The molecule has 0 heterocycles. The van der Waals surface area contributed by atoms with Gasteiger partial charge in [-0.2, -0.15) is 0 Å². The van der Waals surface area contributed by atoms with E-state index in [9.17, 15) is 9.90 Å². The van der Waals surface area contributed by atoms with Crippen molar-refractivity contribution in [2.75, 3.05) is 13.6 Å². The summed E-state index contributed by atoms with van der Waals surface area (Å²) in [6, 6.07) is 8.01. The van der Waals surface area contributed by atoms with E-state index in [0.717, 1.165) is 12.0 Å². The Labute approximate surface area is 115 Å². The summed E-state index contributed by atoms with van der Waals surface area (Å²) >= 11 is 0. The first-order valence-electron chi connectivity index (χ1n) is 6.78. The minimum atomic E-state index is -0.379. The van der Waals surface area contributed by atoms with Crippen molar-refractivity contribution < 1.29 is 9.90 Å². The molecule has 0 aliphatic rings. The molecule has 106 valence electrons. The van der Waals surface area contributed by atoms with E-state index in [1.165, 1.54) is 5.56 Å². The second-order valence-corrected chi connectivity index (χ2v) is 4.84. The molecule has 2 N–H and O–H groups in total. The van der Waals surface area contributed by atoms with Crippen LogP contribution in [0.1, 0.15) is 31.4 Å². The molecule has 4 heteroatoms. The van der Waals surface area contributed by atoms with Crippen LogP contribution in [-0.2, 0) is 13.0 Å². The van der Waals surface area contributed by atoms with E-state index in [0.29, 0.717) is 19.5 Å². The number of amides is 2. The van der Waals surface area contributed by atoms with Crippen LogP contribution in [0.5, 0.6) is 0 Å². The first-order valence-corrected chi connectivity index (χ1v) is 6.78. The molecule has 0 saturated heterocycles. The van der Waals surface area contributed by atoms with Gasteiger partial charge in [0.15, 0.2) is 0 Å². The fourth-order valence-corrected chi connectivity index (χ4v) is 1.86. The van der Waals surface area contributed by atoms with E-state index in [1.54, 1.807) is 18.9 Å². The third-order valence-electron chi connectivity index (χ3n) is 3.16. The standard InChI is InChI=1S/C15H24N2O2/c1-4-13-7-5-6-8-14(13)11-16-15(19)17(3)10-9-12(2)18/h5-8,12,18H,4,9-11H2,1-3H3,(H,16,19). The number of carbonyl (C=O) groups is 1. The number of rotatable bonds is 6. The molecule has 0 aromatic heterocycles. The van der Waals surface area contributed by atoms with E-state index < -0.39 is 0 Å². The molecule has 0 aliphatic carbocycles. The van der Waals surface area contributed by atoms with Gasteiger partial charge in [-0.15, -0.1) is 0 Å². The van der Waals surface area contributed by atoms with Gasteiger partial charge < -0.3 is 15.3 Å². The second kappa shape index (κ2) is 7.79. The van der Waals surface area contributed by atoms with Crippen LogP contribution >= 0.6 is 0 Å². The van der Waals surface area contributed by atoms with Crippen molar-refractivity contribution >= 4 is 6.03 Å². The average Bonchev–Trinajstić information content (AvgIpc) is 2.42. The fraction of sp³-hybridized carbons (Fsp3) is 0.533. The molecule has 4 nitrogen and oxygen atoms in total. The Morgan fingerprint density at radius 1 is 1.37 bits per heavy atom. The number of aryl methyl sites for hydroxylation is 1. The lowest BCUT2D eigenvalue weighted by atomic mass is 10.1. The summed E-state index contributed by atoms with van der Waals surface area (Å²) in [7, 11) is 1.74. The molecule has 0 aliphatic heterocycles. The molecule has 0 bridgehead atoms. The summed E-state index contributed by atoms with van der Waals surface area (Å²) in [5.74, 6) is 0. The minimum absolute atomic E-state index is 0.105. The number of hydrogen-bond acceptors (Lipinski definition) is 2. The molecule has 0 spiro atoms. The predicted molar refractivity (Wildman–Crippen MR) is 77.0 cm³/mol. The molecular weight excluding hydrogens is 240 g/mol. The molecule has 1 aromatic rings. The number of aliphatic hydroxyl groups excluding tert-OH is 1. The molecule has 1 unspecified atom stereocenters. The number of urea groups is 1. The van der Waals surface area contributed by atoms with Gasteiger partial charge in [0.25, 0.3) is 0 Å². The number of carbonyl (C=O) groups excluding carboxylic acids is 1. The van der Waals surface area contributed by atoms with Crippen LogP contribution in [0.2, 0.25) is 0 Å². The van der Waals surface area contributed by atoms with Gasteiger partial charge in [0, 0.05) is 20.1 Å². The van der Waals surface area contributed by atoms with Gasteiger partial charge in [0.1, 0.15) is 0 Å². The van der Waals surface area contributed by atoms with Crippen LogP contribution in [-0.4, -0.2) is 35.7 Å². The maximum atomic E-state index is 11.9. The van der Waals surface area contributed by atoms with Gasteiger partial charge >= 0.3 is 6.03 Å². The van der Waals surface area contributed by atoms with E-state index in [2.05, 4.69) is 18.3 Å². The molecule has 19 heavy (non-hydrogen) atoms. The lowest BCUT2D eigenvalue weighted by Gasteiger charge is -2.19. The van der Waals surface area contributed by atoms with Crippen molar-refractivity contribution in [1.29, 1.82) is 0 Å². The van der Waals surface area contributed by atoms with Crippen molar-refractivity contribution in [3.05, 3.63) is 35.4 Å². The number of aliphatic hydroxyl groups is 1. The summed E-state index contributed by atoms with van der Waals surface area (Å²) in [5.41, 5.74) is 2.41. The highest BCUT2D eigenvalue weighted by atomic mass is 16.3. The quantitative estimate of drug-likeness (QED) is 0.827. The topological polar surface area (TPSA) is 52.6 Å². The van der Waals surface area contributed by atoms with Gasteiger partial charge in [-0.25, -0.2) is 4.79 Å². The monoisotopic (exact) mass is 264 g/mol. The Bertz CT molecular complexity index is 405. The smallest absolute Gasteiger partial charge is 0.317 e. The fourth-order valence-electron chi connectivity index (χ4n) is 1.86. The number of nitrogens with one attached hydrogen (secondary N) is 1. The lowest BCUT2D eigenvalue weighted by Crippen LogP contribution is -2.38. The van der Waals surface area contributed by atoms with Gasteiger partial charge in [0.2, 0.25) is 0 Å². The zero-order chi connectivity index (χ0) is 14.3. The zero-order valence-corrected chi connectivity index (χ0v) is 12.0. The highest BCUT2D eigenvalue weighted by molar-refractivity contribution is 5.73. The summed E-state index contributed by atoms with van der Waals surface area (Å²) < 4.78 is 0. The molecular formula is C15H24N2O2. The first-order chi connectivity index (χ1) is 9.04. The first kappa shape index (κ1) is 15.5. The Morgan fingerprint density at radius 3 is 2.58 bits per heavy atom. The van der Waals surface area contributed by atoms with E-state index in [4.69, 9.17) is 0 Å². The Hall–Kier alpha value is -1.55. The maximum absolute atomic E-state index is 11.9. The lowest BCUT2D eigenvalue weighted by molar-refractivity contribution is 0.163. The van der Waals surface area contributed by atoms with E-state index in [-0.39, 0.29) is 12.1 Å². The van der Waals surface area contributed by atoms with Crippen molar-refractivity contribution in [2.45, 2.75) is 39.3 Å². The highest BCUT2D eigenvalue weighted by Crippen LogP contribution is 2.09. The third-order valence-corrected chi connectivity index (χ3v) is 3.16. The van der Waals surface area contributed by atoms with Crippen LogP contribution in [0.25, 0.3) is 0 Å². The van der Waals surface area contributed by atoms with Gasteiger partial charge in [0.05, 0.1) is 6.10 Å². The van der Waals surface area contributed by atoms with E-state index >= 15 is 0 Å². The zero-order valence-electron chi connectivity index (χ0n) is 12.0. The van der Waals surface area contributed by atoms with Crippen LogP contribution in [0.4, 0.5) is 4.79 Å². The Balaban J connectivity index is 2.45. The Morgan fingerprint density at radius 2 is 2.00 bits per heavy atom. The molecule has 2 amide bonds. The SMILES string of the molecule is CCc1ccccc1CNC(=O)N(C)CCC(C)O. The Kier molecular flexibility index (Phi) is 6.36. The van der Waals surface area contributed by atoms with Crippen molar-refractivity contribution in [3.63, 3.8) is 0 Å². The average molecular weight is 264 g/mol. The van der Waals surface area contributed by atoms with Crippen LogP contribution in [0, 0.1) is 0 Å². The number of benzene rings is 1. The molecule has 0 saturated carbocycles. The van der Waals surface area contributed by atoms with Crippen molar-refractivity contribution in [1.82, 2.24) is 10.2 Å². The highest BCUT2D eigenvalue weighted by Gasteiger charge is 2.09.